The lowest BCUT2D eigenvalue weighted by Gasteiger charge is -2.24. The summed E-state index contributed by atoms with van der Waals surface area (Å²) in [7, 11) is -4.94. The molecule has 0 radical (unpaired) electrons. The average molecular weight is 610 g/mol. The second kappa shape index (κ2) is 17.9. The number of imidazole rings is 1. The summed E-state index contributed by atoms with van der Waals surface area (Å²) in [6, 6.07) is 8.02. The van der Waals surface area contributed by atoms with E-state index in [1.165, 1.54) is 31.7 Å². The summed E-state index contributed by atoms with van der Waals surface area (Å²) in [5.74, 6) is -3.89. The van der Waals surface area contributed by atoms with Crippen LogP contribution in [0, 0.1) is 5.92 Å². The fourth-order valence-corrected chi connectivity index (χ4v) is 5.23. The predicted molar refractivity (Wildman–Crippen MR) is 156 cm³/mol. The molecule has 2 amide bonds. The number of carbonyl (C=O) groups is 3. The molecule has 13 nitrogen and oxygen atoms in total. The number of hydrogen-bond acceptors (Lipinski definition) is 8. The first-order valence-electron chi connectivity index (χ1n) is 14.2. The number of nitrogens with two attached hydrogens (primary N) is 2. The summed E-state index contributed by atoms with van der Waals surface area (Å²) in [6.45, 7) is 1.14. The highest BCUT2D eigenvalue weighted by Gasteiger charge is 2.34. The third-order valence-corrected chi connectivity index (χ3v) is 7.67. The number of amides is 2. The molecular weight excluding hydrogens is 565 g/mol. The van der Waals surface area contributed by atoms with Gasteiger partial charge >= 0.3 is 7.82 Å². The maximum Gasteiger partial charge on any atom is 0.469 e. The molecule has 0 aliphatic rings. The van der Waals surface area contributed by atoms with Gasteiger partial charge in [-0.05, 0) is 31.7 Å². The van der Waals surface area contributed by atoms with Crippen molar-refractivity contribution in [2.24, 2.45) is 17.4 Å². The van der Waals surface area contributed by atoms with Crippen LogP contribution in [0.25, 0.3) is 0 Å². The minimum Gasteiger partial charge on any atom is -0.394 e. The number of nitrogens with zero attached hydrogens (tertiary/aromatic N) is 2. The van der Waals surface area contributed by atoms with Crippen LogP contribution in [0.2, 0.25) is 0 Å². The third-order valence-electron chi connectivity index (χ3n) is 7.07. The number of primary amides is 1. The van der Waals surface area contributed by atoms with E-state index >= 15 is 0 Å². The number of ketones is 1. The van der Waals surface area contributed by atoms with Crippen molar-refractivity contribution < 1.29 is 38.4 Å². The van der Waals surface area contributed by atoms with Crippen LogP contribution in [0.15, 0.2) is 42.9 Å². The molecule has 14 heteroatoms. The normalized spacial score (nSPS) is 14.6. The molecule has 2 aromatic rings. The van der Waals surface area contributed by atoms with Crippen LogP contribution in [-0.4, -0.2) is 66.8 Å². The minimum absolute atomic E-state index is 0.148. The number of aliphatic hydroxyl groups is 1. The predicted octanol–water partition coefficient (Wildman–Crippen LogP) is 1.37. The van der Waals surface area contributed by atoms with Crippen molar-refractivity contribution >= 4 is 25.4 Å². The molecule has 0 unspecified atom stereocenters. The Morgan fingerprint density at radius 1 is 1.07 bits per heavy atom. The molecule has 2 rings (SSSR count). The van der Waals surface area contributed by atoms with Crippen molar-refractivity contribution in [3.05, 3.63) is 54.1 Å². The molecular formula is C28H44N5O8P. The molecule has 0 saturated carbocycles. The van der Waals surface area contributed by atoms with Gasteiger partial charge in [0.2, 0.25) is 11.8 Å². The monoisotopic (exact) mass is 609 g/mol. The van der Waals surface area contributed by atoms with E-state index in [1.807, 2.05) is 10.6 Å². The number of carbonyl (C=O) groups excluding carboxylic acids is 3. The Labute approximate surface area is 246 Å². The van der Waals surface area contributed by atoms with Crippen LogP contribution in [0.5, 0.6) is 0 Å². The van der Waals surface area contributed by atoms with Gasteiger partial charge in [0.15, 0.2) is 5.78 Å². The Balaban J connectivity index is 1.77. The van der Waals surface area contributed by atoms with Crippen LogP contribution in [-0.2, 0) is 42.9 Å². The van der Waals surface area contributed by atoms with Gasteiger partial charge in [0.25, 0.3) is 0 Å². The van der Waals surface area contributed by atoms with E-state index in [4.69, 9.17) is 21.3 Å². The molecule has 1 aromatic carbocycles. The van der Waals surface area contributed by atoms with Crippen LogP contribution >= 0.6 is 7.82 Å². The molecule has 0 fully saturated rings. The Hall–Kier alpha value is -2.93. The summed E-state index contributed by atoms with van der Waals surface area (Å²) in [5.41, 5.74) is 13.5. The first kappa shape index (κ1) is 35.3. The minimum atomic E-state index is -4.94. The van der Waals surface area contributed by atoms with E-state index in [0.29, 0.717) is 0 Å². The maximum absolute atomic E-state index is 12.7. The quantitative estimate of drug-likeness (QED) is 0.0881. The lowest BCUT2D eigenvalue weighted by molar-refractivity contribution is -0.133. The number of hydrogen-bond donors (Lipinski definition) is 6. The third kappa shape index (κ3) is 12.9. The van der Waals surface area contributed by atoms with Crippen molar-refractivity contribution in [2.75, 3.05) is 6.61 Å². The van der Waals surface area contributed by atoms with Gasteiger partial charge < -0.3 is 36.2 Å². The van der Waals surface area contributed by atoms with E-state index in [0.717, 1.165) is 37.9 Å². The summed E-state index contributed by atoms with van der Waals surface area (Å²) in [4.78, 5) is 59.3. The van der Waals surface area contributed by atoms with Crippen LogP contribution in [0.3, 0.4) is 0 Å². The topological polar surface area (TPSA) is 220 Å². The molecule has 42 heavy (non-hydrogen) atoms. The summed E-state index contributed by atoms with van der Waals surface area (Å²) in [5, 5.41) is 12.1. The number of Topliss-reactive ketones (excluding diaryl/α,β-unsaturated/α-hetero) is 1. The van der Waals surface area contributed by atoms with Crippen molar-refractivity contribution in [3.63, 3.8) is 0 Å². The number of aliphatic hydroxyl groups excluding tert-OH is 1. The number of unbranched alkanes of at least 4 members (excludes halogenated alkanes) is 5. The number of phosphoric ester groups is 1. The Morgan fingerprint density at radius 2 is 1.71 bits per heavy atom. The molecule has 0 aliphatic heterocycles. The molecule has 8 N–H and O–H groups in total. The number of aryl methyl sites for hydroxylation is 2. The van der Waals surface area contributed by atoms with Gasteiger partial charge in [-0.1, -0.05) is 56.0 Å². The fraction of sp³-hybridized carbons (Fsp3) is 0.571. The van der Waals surface area contributed by atoms with Gasteiger partial charge in [-0.25, -0.2) is 9.55 Å². The smallest absolute Gasteiger partial charge is 0.394 e. The molecule has 1 heterocycles. The van der Waals surface area contributed by atoms with Gasteiger partial charge in [-0.2, -0.15) is 0 Å². The molecule has 0 bridgehead atoms. The van der Waals surface area contributed by atoms with Crippen molar-refractivity contribution in [1.29, 1.82) is 0 Å². The standard InChI is InChI=1S/C28H44N5O8P/c1-20(41-42(38,39)40)23(27(30)36)16-26(35)25(18-34)32-28(37)24(29)15-22-17-31-19-33(22)14-10-5-3-2-4-7-11-21-12-8-6-9-13-21/h6,8-9,12-13,17,19-20,23-25,34H,2-5,7,10-11,14-16,18,29H2,1H3,(H2,30,36)(H,32,37)(H2,38,39,40)/t20-,23+,24+,25+/m1/s1. The Morgan fingerprint density at radius 3 is 2.33 bits per heavy atom. The van der Waals surface area contributed by atoms with Crippen LogP contribution in [0.1, 0.15) is 63.1 Å². The van der Waals surface area contributed by atoms with Crippen LogP contribution < -0.4 is 16.8 Å². The van der Waals surface area contributed by atoms with Gasteiger partial charge in [-0.3, -0.25) is 18.9 Å². The molecule has 0 spiro atoms. The zero-order valence-electron chi connectivity index (χ0n) is 24.0. The lowest BCUT2D eigenvalue weighted by Crippen LogP contribution is -2.51. The lowest BCUT2D eigenvalue weighted by atomic mass is 9.93. The van der Waals surface area contributed by atoms with E-state index in [1.54, 1.807) is 12.5 Å². The zero-order chi connectivity index (χ0) is 31.1. The van der Waals surface area contributed by atoms with Crippen molar-refractivity contribution in [2.45, 2.75) is 89.4 Å². The first-order chi connectivity index (χ1) is 19.9. The van der Waals surface area contributed by atoms with E-state index in [-0.39, 0.29) is 6.42 Å². The van der Waals surface area contributed by atoms with Crippen molar-refractivity contribution in [3.8, 4) is 0 Å². The van der Waals surface area contributed by atoms with E-state index in [9.17, 15) is 24.1 Å². The molecule has 0 saturated heterocycles. The van der Waals surface area contributed by atoms with E-state index < -0.39 is 62.6 Å². The van der Waals surface area contributed by atoms with Crippen molar-refractivity contribution in [1.82, 2.24) is 14.9 Å². The second-order valence-electron chi connectivity index (χ2n) is 10.5. The molecule has 0 aliphatic carbocycles. The molecule has 4 atom stereocenters. The Bertz CT molecular complexity index is 1170. The fourth-order valence-electron chi connectivity index (χ4n) is 4.65. The summed E-state index contributed by atoms with van der Waals surface area (Å²) < 4.78 is 17.5. The van der Waals surface area contributed by atoms with Gasteiger partial charge in [-0.15, -0.1) is 0 Å². The first-order valence-corrected chi connectivity index (χ1v) is 15.7. The summed E-state index contributed by atoms with van der Waals surface area (Å²) in [6.07, 6.45) is 9.26. The number of benzene rings is 1. The zero-order valence-corrected chi connectivity index (χ0v) is 24.9. The highest BCUT2D eigenvalue weighted by Crippen LogP contribution is 2.39. The number of aromatic nitrogens is 2. The number of phosphoric acid groups is 1. The van der Waals surface area contributed by atoms with Gasteiger partial charge in [0.05, 0.1) is 31.0 Å². The molecule has 1 aromatic heterocycles. The Kier molecular flexibility index (Phi) is 15.0. The second-order valence-corrected chi connectivity index (χ2v) is 11.7. The largest absolute Gasteiger partial charge is 0.469 e. The van der Waals surface area contributed by atoms with Gasteiger partial charge in [0.1, 0.15) is 6.04 Å². The van der Waals surface area contributed by atoms with E-state index in [2.05, 4.69) is 39.1 Å². The molecule has 234 valence electrons. The highest BCUT2D eigenvalue weighted by molar-refractivity contribution is 7.46. The number of nitrogens with one attached hydrogen (secondary N) is 1. The SMILES string of the molecule is C[C@@H](OP(=O)(O)O)[C@H](CC(=O)[C@H](CO)NC(=O)[C@@H](N)Cc1cncn1CCCCCCCCc1ccccc1)C(N)=O. The number of rotatable bonds is 21. The highest BCUT2D eigenvalue weighted by atomic mass is 31.2. The van der Waals surface area contributed by atoms with Gasteiger partial charge in [0, 0.05) is 31.3 Å². The average Bonchev–Trinajstić information content (AvgIpc) is 3.37. The summed E-state index contributed by atoms with van der Waals surface area (Å²) >= 11 is 0. The maximum atomic E-state index is 12.7. The van der Waals surface area contributed by atoms with Crippen LogP contribution in [0.4, 0.5) is 0 Å².